The van der Waals surface area contributed by atoms with Crippen LogP contribution in [0.5, 0.6) is 0 Å². The highest BCUT2D eigenvalue weighted by Gasteiger charge is 2.29. The Hall–Kier alpha value is -0.610. The van der Waals surface area contributed by atoms with Crippen LogP contribution < -0.4 is 5.32 Å². The first-order chi connectivity index (χ1) is 8.16. The molecule has 2 fully saturated rings. The van der Waals surface area contributed by atoms with Crippen LogP contribution in [0.15, 0.2) is 0 Å². The van der Waals surface area contributed by atoms with Crippen LogP contribution in [0.4, 0.5) is 0 Å². The van der Waals surface area contributed by atoms with E-state index in [0.29, 0.717) is 18.5 Å². The lowest BCUT2D eigenvalue weighted by atomic mass is 9.99. The summed E-state index contributed by atoms with van der Waals surface area (Å²) in [5.74, 6) is 0.992. The molecule has 0 spiro atoms. The van der Waals surface area contributed by atoms with Crippen molar-refractivity contribution in [1.82, 2.24) is 15.1 Å². The topological polar surface area (TPSA) is 35.6 Å². The monoisotopic (exact) mass is 239 g/mol. The molecule has 1 aliphatic heterocycles. The Morgan fingerprint density at radius 2 is 2.06 bits per heavy atom. The standard InChI is InChI=1S/C13H25N3O/c1-15(9-11-4-3-7-14-8-11)10-13(17)16(2)12-5-6-12/h11-12,14H,3-10H2,1-2H3. The molecule has 1 heterocycles. The van der Waals surface area contributed by atoms with Crippen molar-refractivity contribution in [3.05, 3.63) is 0 Å². The van der Waals surface area contributed by atoms with Gasteiger partial charge in [0.2, 0.25) is 5.91 Å². The normalized spacial score (nSPS) is 25.0. The smallest absolute Gasteiger partial charge is 0.236 e. The molecule has 1 aliphatic carbocycles. The zero-order valence-corrected chi connectivity index (χ0v) is 11.1. The molecule has 2 rings (SSSR count). The largest absolute Gasteiger partial charge is 0.342 e. The molecule has 0 aromatic carbocycles. The third-order valence-corrected chi connectivity index (χ3v) is 3.86. The summed E-state index contributed by atoms with van der Waals surface area (Å²) in [6, 6.07) is 0.534. The van der Waals surface area contributed by atoms with Crippen molar-refractivity contribution in [2.45, 2.75) is 31.7 Å². The summed E-state index contributed by atoms with van der Waals surface area (Å²) in [6.07, 6.45) is 4.95. The molecule has 1 saturated heterocycles. The molecule has 98 valence electrons. The van der Waals surface area contributed by atoms with Gasteiger partial charge >= 0.3 is 0 Å². The van der Waals surface area contributed by atoms with Gasteiger partial charge in [0.1, 0.15) is 0 Å². The van der Waals surface area contributed by atoms with Crippen molar-refractivity contribution in [3.8, 4) is 0 Å². The first-order valence-corrected chi connectivity index (χ1v) is 6.81. The van der Waals surface area contributed by atoms with Crippen molar-refractivity contribution in [2.24, 2.45) is 5.92 Å². The molecule has 1 N–H and O–H groups in total. The maximum absolute atomic E-state index is 11.9. The van der Waals surface area contributed by atoms with Gasteiger partial charge in [0.05, 0.1) is 6.54 Å². The Labute approximate surface area is 104 Å². The van der Waals surface area contributed by atoms with Crippen molar-refractivity contribution in [2.75, 3.05) is 40.3 Å². The first kappa shape index (κ1) is 12.8. The molecule has 1 saturated carbocycles. The fraction of sp³-hybridized carbons (Fsp3) is 0.923. The molecule has 0 aromatic rings. The molecule has 1 atom stereocenters. The highest BCUT2D eigenvalue weighted by atomic mass is 16.2. The van der Waals surface area contributed by atoms with E-state index in [4.69, 9.17) is 0 Å². The van der Waals surface area contributed by atoms with Crippen LogP contribution in [-0.2, 0) is 4.79 Å². The summed E-state index contributed by atoms with van der Waals surface area (Å²) < 4.78 is 0. The molecule has 2 aliphatic rings. The van der Waals surface area contributed by atoms with E-state index in [-0.39, 0.29) is 5.91 Å². The number of rotatable bonds is 5. The minimum Gasteiger partial charge on any atom is -0.342 e. The second kappa shape index (κ2) is 5.83. The summed E-state index contributed by atoms with van der Waals surface area (Å²) in [4.78, 5) is 16.1. The molecule has 0 radical (unpaired) electrons. The highest BCUT2D eigenvalue weighted by Crippen LogP contribution is 2.25. The van der Waals surface area contributed by atoms with Crippen molar-refractivity contribution in [3.63, 3.8) is 0 Å². The molecule has 0 aromatic heterocycles. The summed E-state index contributed by atoms with van der Waals surface area (Å²) in [5, 5.41) is 3.42. The molecule has 0 bridgehead atoms. The first-order valence-electron chi connectivity index (χ1n) is 6.81. The average Bonchev–Trinajstić information content (AvgIpc) is 3.13. The van der Waals surface area contributed by atoms with Gasteiger partial charge in [0, 0.05) is 19.6 Å². The van der Waals surface area contributed by atoms with Gasteiger partial charge in [-0.25, -0.2) is 0 Å². The predicted molar refractivity (Wildman–Crippen MR) is 68.9 cm³/mol. The maximum Gasteiger partial charge on any atom is 0.236 e. The predicted octanol–water partition coefficient (Wildman–Crippen LogP) is 0.539. The number of nitrogens with zero attached hydrogens (tertiary/aromatic N) is 2. The second-order valence-electron chi connectivity index (χ2n) is 5.64. The van der Waals surface area contributed by atoms with E-state index >= 15 is 0 Å². The maximum atomic E-state index is 11.9. The number of nitrogens with one attached hydrogen (secondary N) is 1. The molecule has 4 nitrogen and oxygen atoms in total. The van der Waals surface area contributed by atoms with Crippen LogP contribution in [0, 0.1) is 5.92 Å². The minimum atomic E-state index is 0.277. The highest BCUT2D eigenvalue weighted by molar-refractivity contribution is 5.78. The third-order valence-electron chi connectivity index (χ3n) is 3.86. The summed E-state index contributed by atoms with van der Waals surface area (Å²) >= 11 is 0. The van der Waals surface area contributed by atoms with Crippen LogP contribution in [-0.4, -0.2) is 62.0 Å². The zero-order valence-electron chi connectivity index (χ0n) is 11.1. The van der Waals surface area contributed by atoms with E-state index in [2.05, 4.69) is 17.3 Å². The lowest BCUT2D eigenvalue weighted by molar-refractivity contribution is -0.131. The van der Waals surface area contributed by atoms with Crippen molar-refractivity contribution in [1.29, 1.82) is 0 Å². The number of hydrogen-bond acceptors (Lipinski definition) is 3. The van der Waals surface area contributed by atoms with E-state index in [1.54, 1.807) is 0 Å². The average molecular weight is 239 g/mol. The van der Waals surface area contributed by atoms with E-state index < -0.39 is 0 Å². The number of piperidine rings is 1. The van der Waals surface area contributed by atoms with E-state index in [0.717, 1.165) is 19.6 Å². The number of likely N-dealkylation sites (N-methyl/N-ethyl adjacent to an activating group) is 2. The number of carbonyl (C=O) groups is 1. The van der Waals surface area contributed by atoms with Gasteiger partial charge in [-0.2, -0.15) is 0 Å². The van der Waals surface area contributed by atoms with Crippen LogP contribution in [0.3, 0.4) is 0 Å². The summed E-state index contributed by atoms with van der Waals surface area (Å²) in [6.45, 7) is 3.88. The number of amides is 1. The quantitative estimate of drug-likeness (QED) is 0.760. The summed E-state index contributed by atoms with van der Waals surface area (Å²) in [7, 11) is 4.00. The van der Waals surface area contributed by atoms with Crippen molar-refractivity contribution >= 4 is 5.91 Å². The number of carbonyl (C=O) groups excluding carboxylic acids is 1. The van der Waals surface area contributed by atoms with Gasteiger partial charge in [-0.1, -0.05) is 0 Å². The van der Waals surface area contributed by atoms with Gasteiger partial charge in [-0.05, 0) is 51.7 Å². The lowest BCUT2D eigenvalue weighted by Crippen LogP contribution is -2.42. The molecular formula is C13H25N3O. The third kappa shape index (κ3) is 3.96. The Morgan fingerprint density at radius 1 is 1.29 bits per heavy atom. The fourth-order valence-corrected chi connectivity index (χ4v) is 2.59. The Morgan fingerprint density at radius 3 is 2.65 bits per heavy atom. The second-order valence-corrected chi connectivity index (χ2v) is 5.64. The van der Waals surface area contributed by atoms with Gasteiger partial charge in [-0.15, -0.1) is 0 Å². The molecular weight excluding hydrogens is 214 g/mol. The molecule has 1 amide bonds. The fourth-order valence-electron chi connectivity index (χ4n) is 2.59. The lowest BCUT2D eigenvalue weighted by Gasteiger charge is -2.28. The Kier molecular flexibility index (Phi) is 4.40. The van der Waals surface area contributed by atoms with Crippen LogP contribution in [0.1, 0.15) is 25.7 Å². The molecule has 4 heteroatoms. The van der Waals surface area contributed by atoms with Crippen LogP contribution in [0.25, 0.3) is 0 Å². The summed E-state index contributed by atoms with van der Waals surface area (Å²) in [5.41, 5.74) is 0. The zero-order chi connectivity index (χ0) is 12.3. The van der Waals surface area contributed by atoms with E-state index in [1.807, 2.05) is 11.9 Å². The van der Waals surface area contributed by atoms with E-state index in [1.165, 1.54) is 25.7 Å². The Balaban J connectivity index is 1.68. The molecule has 17 heavy (non-hydrogen) atoms. The van der Waals surface area contributed by atoms with Crippen LogP contribution in [0.2, 0.25) is 0 Å². The van der Waals surface area contributed by atoms with Crippen molar-refractivity contribution < 1.29 is 4.79 Å². The van der Waals surface area contributed by atoms with Gasteiger partial charge < -0.3 is 10.2 Å². The van der Waals surface area contributed by atoms with Crippen LogP contribution >= 0.6 is 0 Å². The SMILES string of the molecule is CN(CC(=O)N(C)C1CC1)CC1CCCNC1. The van der Waals surface area contributed by atoms with Gasteiger partial charge in [0.15, 0.2) is 0 Å². The van der Waals surface area contributed by atoms with E-state index in [9.17, 15) is 4.79 Å². The molecule has 1 unspecified atom stereocenters. The van der Waals surface area contributed by atoms with Gasteiger partial charge in [0.25, 0.3) is 0 Å². The number of hydrogen-bond donors (Lipinski definition) is 1. The Bertz CT molecular complexity index is 259. The minimum absolute atomic E-state index is 0.277. The van der Waals surface area contributed by atoms with Gasteiger partial charge in [-0.3, -0.25) is 9.69 Å².